The zero-order valence-corrected chi connectivity index (χ0v) is 15.0. The molecule has 2 rings (SSSR count). The summed E-state index contributed by atoms with van der Waals surface area (Å²) in [4.78, 5) is 58.3. The molecule has 0 fully saturated rings. The second kappa shape index (κ2) is 8.98. The van der Waals surface area contributed by atoms with Gasteiger partial charge in [-0.2, -0.15) is 9.98 Å². The Balaban J connectivity index is 2.00. The van der Waals surface area contributed by atoms with Crippen LogP contribution in [0, 0.1) is 0 Å². The van der Waals surface area contributed by atoms with E-state index < -0.39 is 35.9 Å². The molecular formula is C15H19N5O7. The lowest BCUT2D eigenvalue weighted by Crippen LogP contribution is -2.43. The van der Waals surface area contributed by atoms with Gasteiger partial charge in [-0.3, -0.25) is 34.4 Å². The zero-order valence-electron chi connectivity index (χ0n) is 15.0. The van der Waals surface area contributed by atoms with Gasteiger partial charge in [-0.05, 0) is 0 Å². The normalized spacial score (nSPS) is 18.0. The first-order chi connectivity index (χ1) is 12.8. The van der Waals surface area contributed by atoms with Gasteiger partial charge >= 0.3 is 11.9 Å². The number of amides is 2. The number of guanidine groups is 1. The second-order valence-corrected chi connectivity index (χ2v) is 5.58. The van der Waals surface area contributed by atoms with Crippen molar-refractivity contribution in [1.82, 2.24) is 10.2 Å². The van der Waals surface area contributed by atoms with Gasteiger partial charge in [-0.15, -0.1) is 0 Å². The van der Waals surface area contributed by atoms with E-state index in [0.29, 0.717) is 0 Å². The van der Waals surface area contributed by atoms with Gasteiger partial charge in [-0.25, -0.2) is 0 Å². The second-order valence-electron chi connectivity index (χ2n) is 5.58. The van der Waals surface area contributed by atoms with Crippen LogP contribution < -0.4 is 5.32 Å². The molecular weight excluding hydrogens is 362 g/mol. The maximum atomic E-state index is 12.0. The molecule has 1 atom stereocenters. The van der Waals surface area contributed by atoms with Gasteiger partial charge in [0.1, 0.15) is 26.0 Å². The van der Waals surface area contributed by atoms with Crippen molar-refractivity contribution in [2.24, 2.45) is 15.0 Å². The Bertz CT molecular complexity index is 712. The smallest absolute Gasteiger partial charge is 0.302 e. The van der Waals surface area contributed by atoms with E-state index in [4.69, 9.17) is 14.2 Å². The number of carbonyl (C=O) groups excluding carboxylic acids is 4. The molecule has 0 aromatic carbocycles. The van der Waals surface area contributed by atoms with Crippen LogP contribution >= 0.6 is 0 Å². The van der Waals surface area contributed by atoms with Crippen molar-refractivity contribution in [3.05, 3.63) is 0 Å². The molecule has 1 N–H and O–H groups in total. The maximum absolute atomic E-state index is 12.0. The first-order valence-corrected chi connectivity index (χ1v) is 7.93. The summed E-state index contributed by atoms with van der Waals surface area (Å²) >= 11 is 0. The Kier molecular flexibility index (Phi) is 6.71. The van der Waals surface area contributed by atoms with E-state index in [0.717, 1.165) is 0 Å². The van der Waals surface area contributed by atoms with Crippen LogP contribution in [-0.2, 0) is 33.4 Å². The predicted octanol–water partition coefficient (Wildman–Crippen LogP) is -1.40. The van der Waals surface area contributed by atoms with Crippen molar-refractivity contribution in [3.63, 3.8) is 0 Å². The highest BCUT2D eigenvalue weighted by Gasteiger charge is 2.36. The van der Waals surface area contributed by atoms with Crippen molar-refractivity contribution >= 4 is 41.9 Å². The average molecular weight is 381 g/mol. The highest BCUT2D eigenvalue weighted by atomic mass is 16.6. The van der Waals surface area contributed by atoms with Crippen LogP contribution in [0.5, 0.6) is 0 Å². The summed E-state index contributed by atoms with van der Waals surface area (Å²) in [5, 5.41) is 2.34. The van der Waals surface area contributed by atoms with Crippen LogP contribution in [-0.4, -0.2) is 78.9 Å². The molecule has 0 spiro atoms. The summed E-state index contributed by atoms with van der Waals surface area (Å²) in [6.45, 7) is 3.40. The lowest BCUT2D eigenvalue weighted by atomic mass is 10.2. The standard InChI is InChI=1S/C15H19N5O7/c1-8(21)17-15-18-13-12(14(24)19-15)16-6-20(13)7-27-11(4-25-9(2)22)5-26-10(3)23/h6,11-12H,4-5,7H2,1-3H3,(H,17,19,21,24). The molecule has 146 valence electrons. The van der Waals surface area contributed by atoms with Gasteiger partial charge < -0.3 is 14.2 Å². The minimum absolute atomic E-state index is 0.105. The number of amidine groups is 1. The fourth-order valence-corrected chi connectivity index (χ4v) is 2.09. The number of nitrogens with zero attached hydrogens (tertiary/aromatic N) is 4. The molecule has 2 aliphatic heterocycles. The van der Waals surface area contributed by atoms with Gasteiger partial charge in [-0.1, -0.05) is 0 Å². The summed E-state index contributed by atoms with van der Waals surface area (Å²) in [5.74, 6) is -1.91. The number of esters is 2. The van der Waals surface area contributed by atoms with E-state index in [1.807, 2.05) is 0 Å². The number of ether oxygens (including phenoxy) is 3. The summed E-state index contributed by atoms with van der Waals surface area (Å²) in [6.07, 6.45) is 0.621. The minimum Gasteiger partial charge on any atom is -0.463 e. The topological polar surface area (TPSA) is 148 Å². The third kappa shape index (κ3) is 5.95. The van der Waals surface area contributed by atoms with Crippen LogP contribution in [0.4, 0.5) is 0 Å². The molecule has 0 aromatic heterocycles. The molecule has 2 aliphatic rings. The number of carbonyl (C=O) groups is 4. The number of rotatable bonds is 7. The molecule has 0 aromatic rings. The molecule has 27 heavy (non-hydrogen) atoms. The summed E-state index contributed by atoms with van der Waals surface area (Å²) in [5.41, 5.74) is 0. The average Bonchev–Trinajstić information content (AvgIpc) is 2.96. The number of nitrogens with one attached hydrogen (secondary N) is 1. The van der Waals surface area contributed by atoms with Crippen molar-refractivity contribution in [2.75, 3.05) is 19.9 Å². The molecule has 12 nitrogen and oxygen atoms in total. The van der Waals surface area contributed by atoms with Gasteiger partial charge in [0.2, 0.25) is 11.9 Å². The highest BCUT2D eigenvalue weighted by Crippen LogP contribution is 2.14. The molecule has 12 heteroatoms. The molecule has 0 saturated carbocycles. The lowest BCUT2D eigenvalue weighted by molar-refractivity contribution is -0.153. The number of hydrogen-bond acceptors (Lipinski definition) is 10. The summed E-state index contributed by atoms with van der Waals surface area (Å²) < 4.78 is 15.3. The Morgan fingerprint density at radius 3 is 2.33 bits per heavy atom. The number of fused-ring (bicyclic) bond motifs is 1. The highest BCUT2D eigenvalue weighted by molar-refractivity contribution is 6.23. The Morgan fingerprint density at radius 2 is 1.78 bits per heavy atom. The van der Waals surface area contributed by atoms with E-state index in [2.05, 4.69) is 20.3 Å². The monoisotopic (exact) mass is 381 g/mol. The Hall–Kier alpha value is -3.15. The minimum atomic E-state index is -0.911. The molecule has 0 bridgehead atoms. The number of hydrogen-bond donors (Lipinski definition) is 1. The van der Waals surface area contributed by atoms with E-state index in [1.54, 1.807) is 0 Å². The molecule has 0 radical (unpaired) electrons. The van der Waals surface area contributed by atoms with E-state index in [1.165, 1.54) is 32.0 Å². The van der Waals surface area contributed by atoms with Crippen molar-refractivity contribution < 1.29 is 33.4 Å². The van der Waals surface area contributed by atoms with Crippen molar-refractivity contribution in [2.45, 2.75) is 32.9 Å². The predicted molar refractivity (Wildman–Crippen MR) is 90.8 cm³/mol. The Morgan fingerprint density at radius 1 is 1.15 bits per heavy atom. The molecule has 0 aliphatic carbocycles. The fourth-order valence-electron chi connectivity index (χ4n) is 2.09. The van der Waals surface area contributed by atoms with E-state index in [9.17, 15) is 19.2 Å². The first kappa shape index (κ1) is 20.2. The van der Waals surface area contributed by atoms with Gasteiger partial charge in [0.05, 0.1) is 6.34 Å². The fraction of sp³-hybridized carbons (Fsp3) is 0.533. The maximum Gasteiger partial charge on any atom is 0.302 e. The lowest BCUT2D eigenvalue weighted by Gasteiger charge is -2.23. The van der Waals surface area contributed by atoms with Gasteiger partial charge in [0.25, 0.3) is 5.91 Å². The first-order valence-electron chi connectivity index (χ1n) is 7.93. The molecule has 2 amide bonds. The SMILES string of the molecule is CC(=O)NC1=NC(=O)C2N=CN(COC(COC(C)=O)COC(C)=O)C2=N1. The van der Waals surface area contributed by atoms with E-state index in [-0.39, 0.29) is 31.7 Å². The van der Waals surface area contributed by atoms with E-state index >= 15 is 0 Å². The van der Waals surface area contributed by atoms with Crippen molar-refractivity contribution in [1.29, 1.82) is 0 Å². The van der Waals surface area contributed by atoms with Crippen LogP contribution in [0.25, 0.3) is 0 Å². The quantitative estimate of drug-likeness (QED) is 0.529. The Labute approximate surface area is 154 Å². The van der Waals surface area contributed by atoms with Gasteiger partial charge in [0, 0.05) is 20.8 Å². The largest absolute Gasteiger partial charge is 0.463 e. The number of aliphatic imine (C=N–C) groups is 3. The van der Waals surface area contributed by atoms with Crippen LogP contribution in [0.2, 0.25) is 0 Å². The van der Waals surface area contributed by atoms with Gasteiger partial charge in [0.15, 0.2) is 11.9 Å². The zero-order chi connectivity index (χ0) is 20.0. The molecule has 2 heterocycles. The third-order valence-corrected chi connectivity index (χ3v) is 3.25. The van der Waals surface area contributed by atoms with Crippen LogP contribution in [0.15, 0.2) is 15.0 Å². The third-order valence-electron chi connectivity index (χ3n) is 3.25. The molecule has 0 saturated heterocycles. The van der Waals surface area contributed by atoms with Crippen LogP contribution in [0.3, 0.4) is 0 Å². The van der Waals surface area contributed by atoms with Crippen molar-refractivity contribution in [3.8, 4) is 0 Å². The summed E-state index contributed by atoms with van der Waals surface area (Å²) in [6, 6.07) is -0.911. The molecule has 1 unspecified atom stereocenters. The summed E-state index contributed by atoms with van der Waals surface area (Å²) in [7, 11) is 0. The van der Waals surface area contributed by atoms with Crippen LogP contribution in [0.1, 0.15) is 20.8 Å².